The Hall–Kier alpha value is -1.60. The Morgan fingerprint density at radius 1 is 1.35 bits per heavy atom. The zero-order chi connectivity index (χ0) is 17.1. The van der Waals surface area contributed by atoms with Crippen molar-refractivity contribution >= 4 is 5.91 Å². The molecule has 0 aromatic heterocycles. The van der Waals surface area contributed by atoms with Gasteiger partial charge in [-0.15, -0.1) is 0 Å². The van der Waals surface area contributed by atoms with Gasteiger partial charge in [-0.25, -0.2) is 0 Å². The zero-order valence-electron chi connectivity index (χ0n) is 12.9. The van der Waals surface area contributed by atoms with Crippen molar-refractivity contribution in [2.24, 2.45) is 5.92 Å². The molecule has 0 radical (unpaired) electrons. The number of carbonyl (C=O) groups excluding carboxylic acids is 1. The maximum Gasteiger partial charge on any atom is 0.423 e. The molecule has 23 heavy (non-hydrogen) atoms. The van der Waals surface area contributed by atoms with Crippen LogP contribution in [0.25, 0.3) is 0 Å². The highest BCUT2D eigenvalue weighted by molar-refractivity contribution is 5.78. The molecule has 3 N–H and O–H groups in total. The van der Waals surface area contributed by atoms with Gasteiger partial charge in [-0.1, -0.05) is 30.3 Å². The Kier molecular flexibility index (Phi) is 5.31. The summed E-state index contributed by atoms with van der Waals surface area (Å²) >= 11 is 0. The monoisotopic (exact) mass is 330 g/mol. The first kappa shape index (κ1) is 17.7. The summed E-state index contributed by atoms with van der Waals surface area (Å²) in [5.74, 6) is -0.781. The number of aliphatic hydroxyl groups is 1. The van der Waals surface area contributed by atoms with Gasteiger partial charge in [-0.2, -0.15) is 13.2 Å². The van der Waals surface area contributed by atoms with Crippen LogP contribution in [-0.4, -0.2) is 36.3 Å². The molecular weight excluding hydrogens is 309 g/mol. The first-order valence-electron chi connectivity index (χ1n) is 7.60. The van der Waals surface area contributed by atoms with Gasteiger partial charge in [0.25, 0.3) is 0 Å². The van der Waals surface area contributed by atoms with Gasteiger partial charge in [0.1, 0.15) is 0 Å². The number of piperidine rings is 1. The van der Waals surface area contributed by atoms with Crippen LogP contribution in [0, 0.1) is 5.92 Å². The van der Waals surface area contributed by atoms with Gasteiger partial charge >= 0.3 is 6.18 Å². The molecule has 1 fully saturated rings. The van der Waals surface area contributed by atoms with Gasteiger partial charge in [0.05, 0.1) is 6.54 Å². The summed E-state index contributed by atoms with van der Waals surface area (Å²) in [6.07, 6.45) is -3.74. The number of carbonyl (C=O) groups is 1. The number of rotatable bonds is 4. The number of amides is 1. The smallest absolute Gasteiger partial charge is 0.375 e. The van der Waals surface area contributed by atoms with Gasteiger partial charge in [0.2, 0.25) is 11.5 Å². The number of hydrogen-bond acceptors (Lipinski definition) is 3. The second kappa shape index (κ2) is 6.88. The first-order chi connectivity index (χ1) is 10.7. The van der Waals surface area contributed by atoms with E-state index in [-0.39, 0.29) is 17.5 Å². The molecule has 1 heterocycles. The molecule has 0 saturated carbocycles. The minimum atomic E-state index is -4.89. The summed E-state index contributed by atoms with van der Waals surface area (Å²) < 4.78 is 40.0. The number of nitrogens with one attached hydrogen (secondary N) is 2. The van der Waals surface area contributed by atoms with E-state index in [1.165, 1.54) is 24.3 Å². The van der Waals surface area contributed by atoms with E-state index < -0.39 is 24.2 Å². The van der Waals surface area contributed by atoms with Crippen LogP contribution in [0.4, 0.5) is 13.2 Å². The standard InChI is InChI=1S/C16H21F3N2O2/c1-11-9-12(7-8-20-11)14(22)21-10-15(23,16(17,18)19)13-5-3-2-4-6-13/h2-6,11-12,20,23H,7-10H2,1H3,(H,21,22)/t11-,12-,15?/m0/s1. The fourth-order valence-corrected chi connectivity index (χ4v) is 2.81. The van der Waals surface area contributed by atoms with Gasteiger partial charge < -0.3 is 15.7 Å². The van der Waals surface area contributed by atoms with Gasteiger partial charge in [-0.3, -0.25) is 4.79 Å². The summed E-state index contributed by atoms with van der Waals surface area (Å²) in [7, 11) is 0. The van der Waals surface area contributed by atoms with Crippen molar-refractivity contribution in [1.82, 2.24) is 10.6 Å². The third-order valence-electron chi connectivity index (χ3n) is 4.23. The van der Waals surface area contributed by atoms with E-state index >= 15 is 0 Å². The maximum absolute atomic E-state index is 13.3. The van der Waals surface area contributed by atoms with Crippen LogP contribution in [0.15, 0.2) is 30.3 Å². The second-order valence-electron chi connectivity index (χ2n) is 6.02. The molecule has 1 amide bonds. The van der Waals surface area contributed by atoms with Gasteiger partial charge in [-0.05, 0) is 31.9 Å². The molecule has 1 saturated heterocycles. The van der Waals surface area contributed by atoms with Crippen LogP contribution >= 0.6 is 0 Å². The predicted octanol–water partition coefficient (Wildman–Crippen LogP) is 1.94. The van der Waals surface area contributed by atoms with Gasteiger partial charge in [0.15, 0.2) is 0 Å². The molecule has 1 aromatic carbocycles. The lowest BCUT2D eigenvalue weighted by atomic mass is 9.90. The van der Waals surface area contributed by atoms with Crippen LogP contribution in [-0.2, 0) is 10.4 Å². The lowest BCUT2D eigenvalue weighted by Gasteiger charge is -2.32. The third kappa shape index (κ3) is 4.03. The largest absolute Gasteiger partial charge is 0.423 e. The molecule has 1 aliphatic rings. The normalized spacial score (nSPS) is 24.7. The molecule has 128 valence electrons. The van der Waals surface area contributed by atoms with Crippen LogP contribution < -0.4 is 10.6 Å². The number of halogens is 3. The Bertz CT molecular complexity index is 536. The SMILES string of the molecule is C[C@H]1C[C@@H](C(=O)NCC(O)(c2ccccc2)C(F)(F)F)CCN1. The lowest BCUT2D eigenvalue weighted by molar-refractivity contribution is -0.264. The summed E-state index contributed by atoms with van der Waals surface area (Å²) in [4.78, 5) is 12.1. The molecule has 0 aliphatic carbocycles. The Labute approximate surface area is 133 Å². The number of hydrogen-bond donors (Lipinski definition) is 3. The fraction of sp³-hybridized carbons (Fsp3) is 0.562. The van der Waals surface area contributed by atoms with E-state index in [1.54, 1.807) is 6.07 Å². The molecule has 2 rings (SSSR count). The number of alkyl halides is 3. The summed E-state index contributed by atoms with van der Waals surface area (Å²) in [5, 5.41) is 15.6. The van der Waals surface area contributed by atoms with Crippen molar-refractivity contribution < 1.29 is 23.1 Å². The van der Waals surface area contributed by atoms with E-state index in [4.69, 9.17) is 0 Å². The van der Waals surface area contributed by atoms with Crippen LogP contribution in [0.2, 0.25) is 0 Å². The van der Waals surface area contributed by atoms with Crippen LogP contribution in [0.1, 0.15) is 25.3 Å². The summed E-state index contributed by atoms with van der Waals surface area (Å²) in [6.45, 7) is 1.69. The molecule has 1 aliphatic heterocycles. The first-order valence-corrected chi connectivity index (χ1v) is 7.60. The highest BCUT2D eigenvalue weighted by Crippen LogP contribution is 2.38. The lowest BCUT2D eigenvalue weighted by Crippen LogP contribution is -2.52. The van der Waals surface area contributed by atoms with Crippen molar-refractivity contribution in [3.63, 3.8) is 0 Å². The van der Waals surface area contributed by atoms with Crippen molar-refractivity contribution in [2.75, 3.05) is 13.1 Å². The van der Waals surface area contributed by atoms with Crippen LogP contribution in [0.3, 0.4) is 0 Å². The van der Waals surface area contributed by atoms with E-state index in [0.717, 1.165) is 0 Å². The Morgan fingerprint density at radius 2 is 2.00 bits per heavy atom. The molecule has 0 spiro atoms. The molecule has 4 nitrogen and oxygen atoms in total. The highest BCUT2D eigenvalue weighted by Gasteiger charge is 2.55. The van der Waals surface area contributed by atoms with Gasteiger partial charge in [0, 0.05) is 12.0 Å². The molecular formula is C16H21F3N2O2. The van der Waals surface area contributed by atoms with E-state index in [1.807, 2.05) is 6.92 Å². The third-order valence-corrected chi connectivity index (χ3v) is 4.23. The topological polar surface area (TPSA) is 61.4 Å². The van der Waals surface area contributed by atoms with Crippen molar-refractivity contribution in [3.8, 4) is 0 Å². The predicted molar refractivity (Wildman–Crippen MR) is 79.6 cm³/mol. The zero-order valence-corrected chi connectivity index (χ0v) is 12.9. The molecule has 3 atom stereocenters. The average molecular weight is 330 g/mol. The van der Waals surface area contributed by atoms with Crippen molar-refractivity contribution in [1.29, 1.82) is 0 Å². The van der Waals surface area contributed by atoms with E-state index in [9.17, 15) is 23.1 Å². The van der Waals surface area contributed by atoms with Crippen molar-refractivity contribution in [3.05, 3.63) is 35.9 Å². The second-order valence-corrected chi connectivity index (χ2v) is 6.02. The minimum absolute atomic E-state index is 0.148. The Balaban J connectivity index is 2.09. The quantitative estimate of drug-likeness (QED) is 0.791. The molecule has 0 bridgehead atoms. The average Bonchev–Trinajstić information content (AvgIpc) is 2.52. The van der Waals surface area contributed by atoms with Crippen molar-refractivity contribution in [2.45, 2.75) is 37.6 Å². The number of benzene rings is 1. The van der Waals surface area contributed by atoms with E-state index in [2.05, 4.69) is 10.6 Å². The van der Waals surface area contributed by atoms with Crippen LogP contribution in [0.5, 0.6) is 0 Å². The Morgan fingerprint density at radius 3 is 2.57 bits per heavy atom. The summed E-state index contributed by atoms with van der Waals surface area (Å²) in [5.41, 5.74) is -3.38. The highest BCUT2D eigenvalue weighted by atomic mass is 19.4. The van der Waals surface area contributed by atoms with E-state index in [0.29, 0.717) is 19.4 Å². The maximum atomic E-state index is 13.3. The summed E-state index contributed by atoms with van der Waals surface area (Å²) in [6, 6.07) is 6.95. The fourth-order valence-electron chi connectivity index (χ4n) is 2.81. The molecule has 1 unspecified atom stereocenters. The minimum Gasteiger partial charge on any atom is -0.375 e. The molecule has 1 aromatic rings. The molecule has 7 heteroatoms.